The number of terminal acetylenes is 2. The number of carboxylic acid groups (broad SMARTS) is 1. The van der Waals surface area contributed by atoms with Crippen LogP contribution in [0.3, 0.4) is 0 Å². The Morgan fingerprint density at radius 3 is 1.55 bits per heavy atom. The molecule has 7 rings (SSSR count). The van der Waals surface area contributed by atoms with E-state index in [1.54, 1.807) is 70.8 Å². The van der Waals surface area contributed by atoms with E-state index < -0.39 is 31.2 Å². The molecule has 310 valence electrons. The molecule has 0 bridgehead atoms. The first-order valence-electron chi connectivity index (χ1n) is 18.6. The number of carbonyl (C=O) groups is 2. The molecule has 10 nitrogen and oxygen atoms in total. The van der Waals surface area contributed by atoms with Crippen molar-refractivity contribution in [2.75, 3.05) is 23.7 Å². The number of carbonyl (C=O) groups excluding carboxylic acids is 1. The zero-order valence-electron chi connectivity index (χ0n) is 32.6. The third kappa shape index (κ3) is 10.0. The van der Waals surface area contributed by atoms with E-state index >= 15 is 0 Å². The lowest BCUT2D eigenvalue weighted by atomic mass is 10.0. The van der Waals surface area contributed by atoms with Crippen LogP contribution in [0.2, 0.25) is 0 Å². The number of nitrogens with one attached hydrogen (secondary N) is 3. The number of hydrogen-bond acceptors (Lipinski definition) is 6. The minimum Gasteiger partial charge on any atom is -0.478 e. The highest BCUT2D eigenvalue weighted by Crippen LogP contribution is 2.35. The Balaban J connectivity index is 0.000000203. The van der Waals surface area contributed by atoms with Crippen molar-refractivity contribution in [3.05, 3.63) is 107 Å². The second-order valence-electron chi connectivity index (χ2n) is 14.7. The summed E-state index contributed by atoms with van der Waals surface area (Å²) in [5, 5.41) is 17.8. The summed E-state index contributed by atoms with van der Waals surface area (Å²) < 4.78 is 78.4. The van der Waals surface area contributed by atoms with Gasteiger partial charge in [0.05, 0.1) is 53.6 Å². The summed E-state index contributed by atoms with van der Waals surface area (Å²) >= 11 is 0. The number of aromatic nitrogens is 4. The largest absolute Gasteiger partial charge is 0.478 e. The van der Waals surface area contributed by atoms with Crippen LogP contribution in [0.1, 0.15) is 75.6 Å². The first-order valence-corrected chi connectivity index (χ1v) is 18.6. The Labute approximate surface area is 341 Å². The van der Waals surface area contributed by atoms with E-state index in [-0.39, 0.29) is 30.1 Å². The number of hydrogen-bond donors (Lipinski definition) is 4. The Morgan fingerprint density at radius 1 is 0.750 bits per heavy atom. The summed E-state index contributed by atoms with van der Waals surface area (Å²) in [4.78, 5) is 32.5. The Bertz CT molecular complexity index is 2700. The Kier molecular flexibility index (Phi) is 11.9. The maximum Gasteiger partial charge on any atom is 0.390 e. The predicted molar refractivity (Wildman–Crippen MR) is 217 cm³/mol. The lowest BCUT2D eigenvalue weighted by molar-refractivity contribution is -0.132. The van der Waals surface area contributed by atoms with Crippen LogP contribution in [0.4, 0.5) is 37.7 Å². The second kappa shape index (κ2) is 16.7. The van der Waals surface area contributed by atoms with Gasteiger partial charge < -0.3 is 21.1 Å². The summed E-state index contributed by atoms with van der Waals surface area (Å²) in [6.07, 6.45) is 9.13. The molecular weight excluding hydrogens is 789 g/mol. The van der Waals surface area contributed by atoms with Crippen LogP contribution in [-0.4, -0.2) is 66.7 Å². The van der Waals surface area contributed by atoms with Crippen molar-refractivity contribution in [2.24, 2.45) is 0 Å². The van der Waals surface area contributed by atoms with Crippen molar-refractivity contribution in [1.29, 1.82) is 0 Å². The molecule has 16 heteroatoms. The van der Waals surface area contributed by atoms with Gasteiger partial charge in [-0.05, 0) is 81.1 Å². The molecule has 0 atom stereocenters. The molecule has 6 aromatic rings. The maximum atomic E-state index is 12.6. The lowest BCUT2D eigenvalue weighted by Gasteiger charge is -2.14. The van der Waals surface area contributed by atoms with E-state index in [0.29, 0.717) is 56.2 Å². The topological polar surface area (TPSA) is 125 Å². The average Bonchev–Trinajstić information content (AvgIpc) is 3.53. The van der Waals surface area contributed by atoms with Crippen LogP contribution >= 0.6 is 0 Å². The molecule has 1 amide bonds. The van der Waals surface area contributed by atoms with Crippen LogP contribution in [0.25, 0.3) is 33.8 Å². The molecule has 1 aliphatic carbocycles. The smallest absolute Gasteiger partial charge is 0.390 e. The number of aryl methyl sites for hydroxylation is 2. The first kappa shape index (κ1) is 42.7. The fourth-order valence-corrected chi connectivity index (χ4v) is 6.49. The van der Waals surface area contributed by atoms with Gasteiger partial charge in [-0.2, -0.15) is 26.3 Å². The van der Waals surface area contributed by atoms with Gasteiger partial charge in [-0.3, -0.25) is 13.6 Å². The molecule has 0 spiro atoms. The third-order valence-electron chi connectivity index (χ3n) is 9.93. The number of anilines is 2. The highest BCUT2D eigenvalue weighted by atomic mass is 19.4. The molecule has 0 saturated heterocycles. The Morgan fingerprint density at radius 2 is 1.18 bits per heavy atom. The molecule has 1 aliphatic rings. The molecule has 4 aromatic heterocycles. The highest BCUT2D eigenvalue weighted by molar-refractivity contribution is 5.97. The number of aromatic carboxylic acids is 1. The zero-order chi connectivity index (χ0) is 43.6. The number of alkyl halides is 6. The molecule has 0 radical (unpaired) electrons. The Hall–Kier alpha value is -6.94. The fourth-order valence-electron chi connectivity index (χ4n) is 6.49. The van der Waals surface area contributed by atoms with Gasteiger partial charge in [-0.25, -0.2) is 14.8 Å². The van der Waals surface area contributed by atoms with Crippen molar-refractivity contribution < 1.29 is 41.0 Å². The maximum absolute atomic E-state index is 12.6. The van der Waals surface area contributed by atoms with Crippen molar-refractivity contribution in [3.8, 4) is 47.2 Å². The molecular formula is C44H39F6N7O3. The number of carboxylic acids is 1. The quantitative estimate of drug-likeness (QED) is 0.0759. The molecule has 60 heavy (non-hydrogen) atoms. The van der Waals surface area contributed by atoms with Gasteiger partial charge in [0.25, 0.3) is 5.91 Å². The lowest BCUT2D eigenvalue weighted by Crippen LogP contribution is -2.34. The summed E-state index contributed by atoms with van der Waals surface area (Å²) in [5.74, 6) is 3.90. The van der Waals surface area contributed by atoms with E-state index in [1.807, 2.05) is 26.0 Å². The number of amides is 1. The summed E-state index contributed by atoms with van der Waals surface area (Å²) in [7, 11) is 0. The van der Waals surface area contributed by atoms with Crippen molar-refractivity contribution in [2.45, 2.75) is 64.3 Å². The van der Waals surface area contributed by atoms with Gasteiger partial charge in [0.1, 0.15) is 0 Å². The number of halogens is 6. The average molecular weight is 828 g/mol. The van der Waals surface area contributed by atoms with Crippen LogP contribution in [0.5, 0.6) is 0 Å². The van der Waals surface area contributed by atoms with Crippen LogP contribution in [0.15, 0.2) is 73.3 Å². The molecule has 0 unspecified atom stereocenters. The number of pyridine rings is 2. The van der Waals surface area contributed by atoms with E-state index in [9.17, 15) is 41.0 Å². The van der Waals surface area contributed by atoms with Gasteiger partial charge in [0.15, 0.2) is 11.3 Å². The van der Waals surface area contributed by atoms with Gasteiger partial charge in [0.2, 0.25) is 0 Å². The molecule has 4 heterocycles. The predicted octanol–water partition coefficient (Wildman–Crippen LogP) is 9.29. The SMILES string of the molecule is C#Cc1cc(NCCC(F)(F)F)c2ncc(-c3ccc(C(=O)NC4(C)CC4)c(C)c3)n2c1.C#Cc1cc(NCCC(F)(F)F)c2ncc(-c3ccc(C(=O)O)c(C)c3)n2c1. The highest BCUT2D eigenvalue weighted by Gasteiger charge is 2.39. The van der Waals surface area contributed by atoms with Gasteiger partial charge in [0, 0.05) is 58.8 Å². The first-order chi connectivity index (χ1) is 28.3. The van der Waals surface area contributed by atoms with E-state index in [2.05, 4.69) is 37.8 Å². The van der Waals surface area contributed by atoms with Crippen LogP contribution < -0.4 is 16.0 Å². The number of rotatable bonds is 11. The van der Waals surface area contributed by atoms with E-state index in [1.165, 1.54) is 6.07 Å². The normalized spacial score (nSPS) is 13.2. The molecule has 0 aliphatic heterocycles. The standard InChI is InChI=1S/C24H23F3N4O.C20H16F3N3O2/c1-4-16-12-19(28-10-9-24(25,26)27)21-29-13-20(31(21)14-16)17-5-6-18(15(2)11-17)22(32)30-23(3)7-8-23;1-3-13-9-16(24-7-6-20(21,22)23)18-25-10-17(26(18)11-13)14-4-5-15(19(27)28)12(2)8-14/h1,5-6,11-14,28H,7-10H2,2-3H3,(H,30,32);1,4-5,8-11,24H,6-7H2,2H3,(H,27,28). The third-order valence-corrected chi connectivity index (χ3v) is 9.93. The number of imidazole rings is 2. The minimum absolute atomic E-state index is 0.0991. The molecule has 1 saturated carbocycles. The van der Waals surface area contributed by atoms with Crippen molar-refractivity contribution in [1.82, 2.24) is 24.1 Å². The molecule has 2 aromatic carbocycles. The molecule has 4 N–H and O–H groups in total. The van der Waals surface area contributed by atoms with Crippen LogP contribution in [-0.2, 0) is 0 Å². The minimum atomic E-state index is -4.27. The second-order valence-corrected chi connectivity index (χ2v) is 14.7. The number of fused-ring (bicyclic) bond motifs is 2. The van der Waals surface area contributed by atoms with Gasteiger partial charge in [-0.15, -0.1) is 12.8 Å². The molecule has 1 fully saturated rings. The van der Waals surface area contributed by atoms with Gasteiger partial charge in [-0.1, -0.05) is 24.0 Å². The van der Waals surface area contributed by atoms with Gasteiger partial charge >= 0.3 is 18.3 Å². The van der Waals surface area contributed by atoms with Crippen molar-refractivity contribution in [3.63, 3.8) is 0 Å². The summed E-state index contributed by atoms with van der Waals surface area (Å²) in [6, 6.07) is 13.6. The van der Waals surface area contributed by atoms with Crippen LogP contribution in [0, 0.1) is 38.5 Å². The van der Waals surface area contributed by atoms with E-state index in [4.69, 9.17) is 12.8 Å². The van der Waals surface area contributed by atoms with E-state index in [0.717, 1.165) is 29.7 Å². The number of benzene rings is 2. The fraction of sp³-hybridized carbons (Fsp3) is 0.273. The summed E-state index contributed by atoms with van der Waals surface area (Å²) in [6.45, 7) is 5.00. The summed E-state index contributed by atoms with van der Waals surface area (Å²) in [5.41, 5.74) is 7.70. The number of nitrogens with zero attached hydrogens (tertiary/aromatic N) is 4. The monoisotopic (exact) mass is 827 g/mol. The van der Waals surface area contributed by atoms with Crippen molar-refractivity contribution >= 4 is 34.5 Å². The zero-order valence-corrected chi connectivity index (χ0v) is 32.6.